The summed E-state index contributed by atoms with van der Waals surface area (Å²) in [5, 5.41) is 4.46. The Bertz CT molecular complexity index is 473. The summed E-state index contributed by atoms with van der Waals surface area (Å²) in [6.07, 6.45) is 5.76. The minimum atomic E-state index is 0.605. The molecule has 1 fully saturated rings. The predicted molar refractivity (Wildman–Crippen MR) is 57.3 cm³/mol. The van der Waals surface area contributed by atoms with Crippen molar-refractivity contribution in [2.45, 2.75) is 25.2 Å². The van der Waals surface area contributed by atoms with E-state index in [4.69, 9.17) is 0 Å². The van der Waals surface area contributed by atoms with Crippen molar-refractivity contribution in [1.82, 2.24) is 14.6 Å². The lowest BCUT2D eigenvalue weighted by Crippen LogP contribution is -2.10. The van der Waals surface area contributed by atoms with E-state index in [0.717, 1.165) is 15.9 Å². The van der Waals surface area contributed by atoms with Gasteiger partial charge in [0.1, 0.15) is 0 Å². The average Bonchev–Trinajstić information content (AvgIpc) is 2.43. The molecule has 1 aliphatic carbocycles. The lowest BCUT2D eigenvalue weighted by molar-refractivity contribution is 0.402. The Hall–Kier alpha value is -0.900. The van der Waals surface area contributed by atoms with Crippen LogP contribution in [0, 0.1) is 0 Å². The first-order chi connectivity index (χ1) is 6.83. The van der Waals surface area contributed by atoms with Crippen LogP contribution in [0.15, 0.2) is 22.8 Å². The van der Waals surface area contributed by atoms with Gasteiger partial charge >= 0.3 is 0 Å². The van der Waals surface area contributed by atoms with E-state index >= 15 is 0 Å². The summed E-state index contributed by atoms with van der Waals surface area (Å²) in [7, 11) is 0. The Morgan fingerprint density at radius 3 is 3.00 bits per heavy atom. The zero-order valence-electron chi connectivity index (χ0n) is 7.65. The third-order valence-electron chi connectivity index (χ3n) is 2.79. The predicted octanol–water partition coefficient (Wildman–Crippen LogP) is 2.76. The van der Waals surface area contributed by atoms with Gasteiger partial charge in [0, 0.05) is 16.6 Å². The quantitative estimate of drug-likeness (QED) is 0.781. The van der Waals surface area contributed by atoms with Gasteiger partial charge in [0.05, 0.1) is 0 Å². The fourth-order valence-electron chi connectivity index (χ4n) is 1.71. The molecule has 0 saturated heterocycles. The van der Waals surface area contributed by atoms with Crippen LogP contribution in [-0.4, -0.2) is 14.6 Å². The molecule has 0 aromatic carbocycles. The van der Waals surface area contributed by atoms with Gasteiger partial charge in [-0.15, -0.1) is 0 Å². The SMILES string of the molecule is Brc1ccn2nc(C3CCC3)nc2c1. The van der Waals surface area contributed by atoms with Crippen LogP contribution < -0.4 is 0 Å². The summed E-state index contributed by atoms with van der Waals surface area (Å²) in [5.41, 5.74) is 0.932. The van der Waals surface area contributed by atoms with Gasteiger partial charge in [-0.2, -0.15) is 5.10 Å². The fraction of sp³-hybridized carbons (Fsp3) is 0.400. The molecule has 0 atom stereocenters. The number of fused-ring (bicyclic) bond motifs is 1. The number of halogens is 1. The zero-order chi connectivity index (χ0) is 9.54. The normalized spacial score (nSPS) is 17.2. The van der Waals surface area contributed by atoms with Gasteiger partial charge in [-0.1, -0.05) is 22.4 Å². The van der Waals surface area contributed by atoms with Crippen LogP contribution in [-0.2, 0) is 0 Å². The highest BCUT2D eigenvalue weighted by Gasteiger charge is 2.23. The number of rotatable bonds is 1. The topological polar surface area (TPSA) is 30.2 Å². The largest absolute Gasteiger partial charge is 0.221 e. The molecule has 1 aliphatic rings. The molecule has 0 spiro atoms. The summed E-state index contributed by atoms with van der Waals surface area (Å²) < 4.78 is 2.90. The van der Waals surface area contributed by atoms with Crippen LogP contribution in [0.5, 0.6) is 0 Å². The Balaban J connectivity index is 2.10. The van der Waals surface area contributed by atoms with Gasteiger partial charge < -0.3 is 0 Å². The molecule has 72 valence electrons. The molecule has 0 radical (unpaired) electrons. The van der Waals surface area contributed by atoms with Crippen molar-refractivity contribution in [3.05, 3.63) is 28.6 Å². The number of nitrogens with zero attached hydrogens (tertiary/aromatic N) is 3. The van der Waals surface area contributed by atoms with Crippen LogP contribution in [0.2, 0.25) is 0 Å². The van der Waals surface area contributed by atoms with Crippen molar-refractivity contribution in [2.24, 2.45) is 0 Å². The second kappa shape index (κ2) is 3.05. The molecule has 2 aromatic heterocycles. The van der Waals surface area contributed by atoms with E-state index < -0.39 is 0 Å². The van der Waals surface area contributed by atoms with E-state index in [1.54, 1.807) is 0 Å². The molecular weight excluding hydrogens is 242 g/mol. The van der Waals surface area contributed by atoms with Gasteiger partial charge in [-0.05, 0) is 25.0 Å². The maximum Gasteiger partial charge on any atom is 0.156 e. The fourth-order valence-corrected chi connectivity index (χ4v) is 2.04. The number of hydrogen-bond donors (Lipinski definition) is 0. The van der Waals surface area contributed by atoms with Crippen LogP contribution in [0.3, 0.4) is 0 Å². The van der Waals surface area contributed by atoms with Crippen LogP contribution >= 0.6 is 15.9 Å². The van der Waals surface area contributed by atoms with Crippen LogP contribution in [0.1, 0.15) is 31.0 Å². The van der Waals surface area contributed by atoms with Crippen LogP contribution in [0.25, 0.3) is 5.65 Å². The monoisotopic (exact) mass is 251 g/mol. The molecule has 1 saturated carbocycles. The summed E-state index contributed by atoms with van der Waals surface area (Å²) in [6, 6.07) is 3.97. The highest BCUT2D eigenvalue weighted by molar-refractivity contribution is 9.10. The van der Waals surface area contributed by atoms with Crippen molar-refractivity contribution in [3.63, 3.8) is 0 Å². The van der Waals surface area contributed by atoms with E-state index in [2.05, 4.69) is 26.0 Å². The van der Waals surface area contributed by atoms with Gasteiger partial charge in [0.25, 0.3) is 0 Å². The maximum absolute atomic E-state index is 4.52. The number of pyridine rings is 1. The zero-order valence-corrected chi connectivity index (χ0v) is 9.24. The van der Waals surface area contributed by atoms with Crippen molar-refractivity contribution in [1.29, 1.82) is 0 Å². The number of hydrogen-bond acceptors (Lipinski definition) is 2. The second-order valence-corrected chi connectivity index (χ2v) is 4.66. The number of aromatic nitrogens is 3. The van der Waals surface area contributed by atoms with Crippen LogP contribution in [0.4, 0.5) is 0 Å². The summed E-state index contributed by atoms with van der Waals surface area (Å²) in [5.74, 6) is 1.61. The second-order valence-electron chi connectivity index (χ2n) is 3.75. The van der Waals surface area contributed by atoms with E-state index in [1.807, 2.05) is 22.8 Å². The highest BCUT2D eigenvalue weighted by atomic mass is 79.9. The molecule has 14 heavy (non-hydrogen) atoms. The molecular formula is C10H10BrN3. The van der Waals surface area contributed by atoms with Crippen molar-refractivity contribution in [2.75, 3.05) is 0 Å². The van der Waals surface area contributed by atoms with Gasteiger partial charge in [-0.25, -0.2) is 9.50 Å². The summed E-state index contributed by atoms with van der Waals surface area (Å²) >= 11 is 3.43. The third-order valence-corrected chi connectivity index (χ3v) is 3.28. The van der Waals surface area contributed by atoms with Crippen molar-refractivity contribution < 1.29 is 0 Å². The van der Waals surface area contributed by atoms with E-state index in [0.29, 0.717) is 5.92 Å². The summed E-state index contributed by atoms with van der Waals surface area (Å²) in [4.78, 5) is 4.52. The smallest absolute Gasteiger partial charge is 0.156 e. The van der Waals surface area contributed by atoms with E-state index in [1.165, 1.54) is 19.3 Å². The molecule has 3 rings (SSSR count). The Morgan fingerprint density at radius 2 is 2.29 bits per heavy atom. The highest BCUT2D eigenvalue weighted by Crippen LogP contribution is 2.34. The first kappa shape index (κ1) is 8.41. The van der Waals surface area contributed by atoms with E-state index in [-0.39, 0.29) is 0 Å². The molecule has 0 N–H and O–H groups in total. The molecule has 3 nitrogen and oxygen atoms in total. The first-order valence-corrected chi connectivity index (χ1v) is 5.64. The lowest BCUT2D eigenvalue weighted by Gasteiger charge is -2.21. The van der Waals surface area contributed by atoms with E-state index in [9.17, 15) is 0 Å². The van der Waals surface area contributed by atoms with Gasteiger partial charge in [0.15, 0.2) is 11.5 Å². The molecule has 0 aliphatic heterocycles. The molecule has 2 heterocycles. The third kappa shape index (κ3) is 1.25. The maximum atomic E-state index is 4.52. The molecule has 0 bridgehead atoms. The Morgan fingerprint density at radius 1 is 1.43 bits per heavy atom. The van der Waals surface area contributed by atoms with Crippen molar-refractivity contribution >= 4 is 21.6 Å². The lowest BCUT2D eigenvalue weighted by atomic mass is 9.85. The molecule has 0 unspecified atom stereocenters. The van der Waals surface area contributed by atoms with Gasteiger partial charge in [0.2, 0.25) is 0 Å². The first-order valence-electron chi connectivity index (χ1n) is 4.85. The Labute approximate surface area is 90.3 Å². The molecule has 2 aromatic rings. The van der Waals surface area contributed by atoms with Crippen molar-refractivity contribution in [3.8, 4) is 0 Å². The molecule has 0 amide bonds. The standard InChI is InChI=1S/C10H10BrN3/c11-8-4-5-14-9(6-8)12-10(13-14)7-2-1-3-7/h4-7H,1-3H2. The minimum Gasteiger partial charge on any atom is -0.221 e. The average molecular weight is 252 g/mol. The molecule has 4 heteroatoms. The Kier molecular flexibility index (Phi) is 1.83. The van der Waals surface area contributed by atoms with Gasteiger partial charge in [-0.3, -0.25) is 0 Å². The summed E-state index contributed by atoms with van der Waals surface area (Å²) in [6.45, 7) is 0. The minimum absolute atomic E-state index is 0.605.